The Bertz CT molecular complexity index is 196. The van der Waals surface area contributed by atoms with Crippen molar-refractivity contribution in [3.8, 4) is 0 Å². The Labute approximate surface area is 82.6 Å². The van der Waals surface area contributed by atoms with Crippen LogP contribution in [-0.2, 0) is 9.47 Å². The summed E-state index contributed by atoms with van der Waals surface area (Å²) in [6, 6.07) is 0. The van der Waals surface area contributed by atoms with E-state index in [-0.39, 0.29) is 6.61 Å². The molecule has 0 saturated carbocycles. The van der Waals surface area contributed by atoms with Crippen LogP contribution in [0.3, 0.4) is 0 Å². The molecule has 0 aromatic rings. The third-order valence-corrected chi connectivity index (χ3v) is 2.19. The summed E-state index contributed by atoms with van der Waals surface area (Å²) in [7, 11) is 0. The highest BCUT2D eigenvalue weighted by molar-refractivity contribution is 4.87. The van der Waals surface area contributed by atoms with Crippen molar-refractivity contribution >= 4 is 0 Å². The summed E-state index contributed by atoms with van der Waals surface area (Å²) in [6.45, 7) is 5.27. The van der Waals surface area contributed by atoms with Crippen LogP contribution in [0.1, 0.15) is 6.92 Å². The lowest BCUT2D eigenvalue weighted by Gasteiger charge is -2.38. The van der Waals surface area contributed by atoms with Crippen molar-refractivity contribution in [3.05, 3.63) is 12.7 Å². The molecule has 0 amide bonds. The predicted molar refractivity (Wildman–Crippen MR) is 48.5 cm³/mol. The normalized spacial score (nSPS) is 43.6. The zero-order valence-electron chi connectivity index (χ0n) is 8.04. The van der Waals surface area contributed by atoms with Crippen LogP contribution in [0.5, 0.6) is 0 Å². The van der Waals surface area contributed by atoms with E-state index in [9.17, 15) is 15.3 Å². The molecule has 1 aliphatic rings. The summed E-state index contributed by atoms with van der Waals surface area (Å²) in [4.78, 5) is 0. The van der Waals surface area contributed by atoms with E-state index in [0.717, 1.165) is 0 Å². The summed E-state index contributed by atoms with van der Waals surface area (Å²) in [5, 5.41) is 28.2. The van der Waals surface area contributed by atoms with E-state index < -0.39 is 30.7 Å². The lowest BCUT2D eigenvalue weighted by atomic mass is 10.0. The molecule has 0 aromatic carbocycles. The minimum atomic E-state index is -1.24. The Hall–Kier alpha value is -0.460. The molecule has 0 unspecified atom stereocenters. The Balaban J connectivity index is 2.55. The molecule has 5 heteroatoms. The lowest BCUT2D eigenvalue weighted by molar-refractivity contribution is -0.290. The van der Waals surface area contributed by atoms with Gasteiger partial charge in [-0.1, -0.05) is 6.08 Å². The quantitative estimate of drug-likeness (QED) is 0.515. The SMILES string of the molecule is C=CCO[C@@H]1O[C@H](C)[C@H](O)[C@H](O)[C@@H]1O. The van der Waals surface area contributed by atoms with E-state index in [1.165, 1.54) is 6.08 Å². The summed E-state index contributed by atoms with van der Waals surface area (Å²) in [5.41, 5.74) is 0. The van der Waals surface area contributed by atoms with Crippen molar-refractivity contribution < 1.29 is 24.8 Å². The zero-order valence-corrected chi connectivity index (χ0v) is 8.04. The molecule has 5 atom stereocenters. The predicted octanol–water partition coefficient (Wildman–Crippen LogP) is -0.984. The van der Waals surface area contributed by atoms with Crippen LogP contribution in [0.25, 0.3) is 0 Å². The second-order valence-electron chi connectivity index (χ2n) is 3.30. The number of ether oxygens (including phenoxy) is 2. The van der Waals surface area contributed by atoms with Crippen molar-refractivity contribution in [1.82, 2.24) is 0 Å². The second-order valence-corrected chi connectivity index (χ2v) is 3.30. The van der Waals surface area contributed by atoms with Gasteiger partial charge in [-0.2, -0.15) is 0 Å². The smallest absolute Gasteiger partial charge is 0.186 e. The monoisotopic (exact) mass is 204 g/mol. The van der Waals surface area contributed by atoms with Gasteiger partial charge in [-0.15, -0.1) is 6.58 Å². The Morgan fingerprint density at radius 2 is 1.93 bits per heavy atom. The van der Waals surface area contributed by atoms with Crippen LogP contribution in [0.15, 0.2) is 12.7 Å². The molecule has 1 heterocycles. The van der Waals surface area contributed by atoms with Gasteiger partial charge in [0.05, 0.1) is 12.7 Å². The Morgan fingerprint density at radius 3 is 2.50 bits per heavy atom. The van der Waals surface area contributed by atoms with Gasteiger partial charge in [0, 0.05) is 0 Å². The van der Waals surface area contributed by atoms with Crippen LogP contribution in [0.2, 0.25) is 0 Å². The minimum absolute atomic E-state index is 0.220. The van der Waals surface area contributed by atoms with E-state index in [2.05, 4.69) is 6.58 Å². The molecule has 5 nitrogen and oxygen atoms in total. The molecular weight excluding hydrogens is 188 g/mol. The summed E-state index contributed by atoms with van der Waals surface area (Å²) >= 11 is 0. The topological polar surface area (TPSA) is 79.2 Å². The maximum Gasteiger partial charge on any atom is 0.186 e. The average Bonchev–Trinajstić information content (AvgIpc) is 2.18. The van der Waals surface area contributed by atoms with Crippen LogP contribution < -0.4 is 0 Å². The molecule has 1 rings (SSSR count). The Kier molecular flexibility index (Phi) is 4.03. The molecule has 0 radical (unpaired) electrons. The lowest BCUT2D eigenvalue weighted by Crippen LogP contribution is -2.57. The van der Waals surface area contributed by atoms with Gasteiger partial charge in [0.15, 0.2) is 6.29 Å². The molecule has 0 aliphatic carbocycles. The minimum Gasteiger partial charge on any atom is -0.388 e. The first-order chi connectivity index (χ1) is 6.57. The maximum atomic E-state index is 9.46. The van der Waals surface area contributed by atoms with Gasteiger partial charge in [-0.3, -0.25) is 0 Å². The van der Waals surface area contributed by atoms with E-state index in [4.69, 9.17) is 9.47 Å². The van der Waals surface area contributed by atoms with Crippen LogP contribution in [0.4, 0.5) is 0 Å². The van der Waals surface area contributed by atoms with Gasteiger partial charge in [-0.05, 0) is 6.92 Å². The standard InChI is InChI=1S/C9H16O5/c1-3-4-13-9-8(12)7(11)6(10)5(2)14-9/h3,5-12H,1,4H2,2H3/t5-,6+,7+,8+,9-/m1/s1. The molecule has 1 fully saturated rings. The molecular formula is C9H16O5. The second kappa shape index (κ2) is 4.86. The molecule has 1 saturated heterocycles. The van der Waals surface area contributed by atoms with E-state index in [1.54, 1.807) is 6.92 Å². The zero-order chi connectivity index (χ0) is 10.7. The largest absolute Gasteiger partial charge is 0.388 e. The first-order valence-electron chi connectivity index (χ1n) is 4.50. The first kappa shape index (κ1) is 11.6. The third kappa shape index (κ3) is 2.31. The van der Waals surface area contributed by atoms with Gasteiger partial charge >= 0.3 is 0 Å². The molecule has 0 bridgehead atoms. The molecule has 0 aromatic heterocycles. The average molecular weight is 204 g/mol. The van der Waals surface area contributed by atoms with Gasteiger partial charge in [0.25, 0.3) is 0 Å². The van der Waals surface area contributed by atoms with E-state index in [1.807, 2.05) is 0 Å². The fourth-order valence-electron chi connectivity index (χ4n) is 1.31. The van der Waals surface area contributed by atoms with E-state index >= 15 is 0 Å². The molecule has 1 aliphatic heterocycles. The summed E-state index contributed by atoms with van der Waals surface area (Å²) < 4.78 is 10.2. The first-order valence-corrected chi connectivity index (χ1v) is 4.50. The van der Waals surface area contributed by atoms with Crippen LogP contribution in [0, 0.1) is 0 Å². The molecule has 0 spiro atoms. The van der Waals surface area contributed by atoms with Gasteiger partial charge < -0.3 is 24.8 Å². The Morgan fingerprint density at radius 1 is 1.29 bits per heavy atom. The van der Waals surface area contributed by atoms with Crippen molar-refractivity contribution in [2.75, 3.05) is 6.61 Å². The molecule has 82 valence electrons. The number of rotatable bonds is 3. The van der Waals surface area contributed by atoms with Gasteiger partial charge in [-0.25, -0.2) is 0 Å². The van der Waals surface area contributed by atoms with Crippen molar-refractivity contribution in [3.63, 3.8) is 0 Å². The number of hydrogen-bond donors (Lipinski definition) is 3. The highest BCUT2D eigenvalue weighted by atomic mass is 16.7. The number of aliphatic hydroxyl groups excluding tert-OH is 3. The van der Waals surface area contributed by atoms with Crippen molar-refractivity contribution in [1.29, 1.82) is 0 Å². The number of aliphatic hydroxyl groups is 3. The summed E-state index contributed by atoms with van der Waals surface area (Å²) in [6.07, 6.45) is -3.54. The molecule has 3 N–H and O–H groups in total. The summed E-state index contributed by atoms with van der Waals surface area (Å²) in [5.74, 6) is 0. The highest BCUT2D eigenvalue weighted by Crippen LogP contribution is 2.21. The maximum absolute atomic E-state index is 9.46. The van der Waals surface area contributed by atoms with Gasteiger partial charge in [0.2, 0.25) is 0 Å². The van der Waals surface area contributed by atoms with Crippen LogP contribution >= 0.6 is 0 Å². The molecule has 14 heavy (non-hydrogen) atoms. The number of hydrogen-bond acceptors (Lipinski definition) is 5. The van der Waals surface area contributed by atoms with Crippen molar-refractivity contribution in [2.24, 2.45) is 0 Å². The van der Waals surface area contributed by atoms with Crippen molar-refractivity contribution in [2.45, 2.75) is 37.6 Å². The third-order valence-electron chi connectivity index (χ3n) is 2.19. The fraction of sp³-hybridized carbons (Fsp3) is 0.778. The van der Waals surface area contributed by atoms with Gasteiger partial charge in [0.1, 0.15) is 18.3 Å². The fourth-order valence-corrected chi connectivity index (χ4v) is 1.31. The van der Waals surface area contributed by atoms with Crippen LogP contribution in [-0.4, -0.2) is 52.6 Å². The van der Waals surface area contributed by atoms with E-state index in [0.29, 0.717) is 0 Å². The highest BCUT2D eigenvalue weighted by Gasteiger charge is 2.42.